The van der Waals surface area contributed by atoms with E-state index in [2.05, 4.69) is 60.0 Å². The maximum atomic E-state index is 9.37. The van der Waals surface area contributed by atoms with E-state index >= 15 is 0 Å². The van der Waals surface area contributed by atoms with Gasteiger partial charge in [-0.25, -0.2) is 9.97 Å². The predicted molar refractivity (Wildman–Crippen MR) is 136 cm³/mol. The summed E-state index contributed by atoms with van der Waals surface area (Å²) in [6.45, 7) is 7.00. The lowest BCUT2D eigenvalue weighted by molar-refractivity contribution is 0.304. The lowest BCUT2D eigenvalue weighted by Crippen LogP contribution is -2.34. The summed E-state index contributed by atoms with van der Waals surface area (Å²) in [5, 5.41) is 10.5. The van der Waals surface area contributed by atoms with E-state index in [4.69, 9.17) is 14.7 Å². The summed E-state index contributed by atoms with van der Waals surface area (Å²) in [4.78, 5) is 14.5. The van der Waals surface area contributed by atoms with Crippen molar-refractivity contribution in [1.82, 2.24) is 9.97 Å². The molecule has 176 valence electrons. The highest BCUT2D eigenvalue weighted by Gasteiger charge is 2.26. The van der Waals surface area contributed by atoms with Gasteiger partial charge in [-0.1, -0.05) is 32.0 Å². The molecule has 6 heteroatoms. The normalized spacial score (nSPS) is 15.6. The summed E-state index contributed by atoms with van der Waals surface area (Å²) in [5.41, 5.74) is 3.37. The van der Waals surface area contributed by atoms with Gasteiger partial charge in [0.1, 0.15) is 17.4 Å². The van der Waals surface area contributed by atoms with Crippen molar-refractivity contribution in [2.75, 3.05) is 50.2 Å². The van der Waals surface area contributed by atoms with Crippen molar-refractivity contribution < 1.29 is 9.84 Å². The second kappa shape index (κ2) is 10.4. The Labute approximate surface area is 197 Å². The van der Waals surface area contributed by atoms with Crippen LogP contribution in [0, 0.1) is 0 Å². The summed E-state index contributed by atoms with van der Waals surface area (Å²) < 4.78 is 5.62. The van der Waals surface area contributed by atoms with Crippen LogP contribution in [-0.4, -0.2) is 55.5 Å². The van der Waals surface area contributed by atoms with Crippen molar-refractivity contribution in [1.29, 1.82) is 0 Å². The van der Waals surface area contributed by atoms with E-state index in [0.29, 0.717) is 18.4 Å². The monoisotopic (exact) mass is 448 g/mol. The number of aliphatic hydroxyl groups excluding tert-OH is 1. The van der Waals surface area contributed by atoms with Crippen molar-refractivity contribution in [2.24, 2.45) is 0 Å². The molecule has 0 amide bonds. The van der Waals surface area contributed by atoms with E-state index in [1.807, 2.05) is 13.1 Å². The van der Waals surface area contributed by atoms with Crippen LogP contribution in [0.25, 0.3) is 10.9 Å². The number of para-hydroxylation sites is 1. The number of methoxy groups -OCH3 is 1. The summed E-state index contributed by atoms with van der Waals surface area (Å²) >= 11 is 0. The first-order chi connectivity index (χ1) is 16.0. The Morgan fingerprint density at radius 3 is 2.61 bits per heavy atom. The van der Waals surface area contributed by atoms with Gasteiger partial charge in [-0.05, 0) is 55.0 Å². The molecule has 1 atom stereocenters. The molecule has 1 N–H and O–H groups in total. The number of aliphatic hydroxyl groups is 1. The number of piperidine rings is 1. The molecule has 4 rings (SSSR count). The van der Waals surface area contributed by atoms with Crippen molar-refractivity contribution in [3.63, 3.8) is 0 Å². The van der Waals surface area contributed by atoms with E-state index in [1.165, 1.54) is 5.56 Å². The second-order valence-corrected chi connectivity index (χ2v) is 9.06. The first-order valence-corrected chi connectivity index (χ1v) is 12.1. The van der Waals surface area contributed by atoms with Crippen LogP contribution in [0.4, 0.5) is 11.5 Å². The van der Waals surface area contributed by atoms with Gasteiger partial charge < -0.3 is 19.6 Å². The molecule has 1 saturated heterocycles. The average molecular weight is 449 g/mol. The molecule has 33 heavy (non-hydrogen) atoms. The van der Waals surface area contributed by atoms with Gasteiger partial charge in [0.2, 0.25) is 0 Å². The third kappa shape index (κ3) is 4.91. The highest BCUT2D eigenvalue weighted by molar-refractivity contribution is 5.92. The molecule has 1 fully saturated rings. The molecule has 0 bridgehead atoms. The fourth-order valence-electron chi connectivity index (χ4n) is 4.68. The van der Waals surface area contributed by atoms with Crippen LogP contribution >= 0.6 is 0 Å². The molecule has 0 aliphatic carbocycles. The van der Waals surface area contributed by atoms with Crippen molar-refractivity contribution in [3.8, 4) is 5.75 Å². The quantitative estimate of drug-likeness (QED) is 0.525. The minimum Gasteiger partial charge on any atom is -0.496 e. The molecule has 6 nitrogen and oxygen atoms in total. The number of anilines is 2. The van der Waals surface area contributed by atoms with Crippen LogP contribution < -0.4 is 14.5 Å². The first-order valence-electron chi connectivity index (χ1n) is 12.1. The van der Waals surface area contributed by atoms with Crippen LogP contribution in [0.15, 0.2) is 42.5 Å². The van der Waals surface area contributed by atoms with Crippen LogP contribution in [0.1, 0.15) is 56.3 Å². The zero-order valence-electron chi connectivity index (χ0n) is 20.3. The van der Waals surface area contributed by atoms with E-state index in [1.54, 1.807) is 7.11 Å². The van der Waals surface area contributed by atoms with Crippen LogP contribution in [0.2, 0.25) is 0 Å². The lowest BCUT2D eigenvalue weighted by atomic mass is 9.88. The lowest BCUT2D eigenvalue weighted by Gasteiger charge is -2.34. The number of rotatable bonds is 8. The number of aromatic nitrogens is 2. The topological polar surface area (TPSA) is 61.7 Å². The number of ether oxygens (including phenoxy) is 1. The Hall–Kier alpha value is -2.86. The number of hydrogen-bond acceptors (Lipinski definition) is 6. The van der Waals surface area contributed by atoms with Crippen molar-refractivity contribution in [2.45, 2.75) is 44.9 Å². The summed E-state index contributed by atoms with van der Waals surface area (Å²) in [6, 6.07) is 14.7. The van der Waals surface area contributed by atoms with Gasteiger partial charge in [0.05, 0.1) is 19.2 Å². The smallest absolute Gasteiger partial charge is 0.140 e. The molecule has 0 radical (unpaired) electrons. The zero-order valence-corrected chi connectivity index (χ0v) is 20.3. The largest absolute Gasteiger partial charge is 0.496 e. The Morgan fingerprint density at radius 2 is 1.91 bits per heavy atom. The standard InChI is InChI=1S/C27H36N4O2/c1-5-19(2)26-28-24-11-10-21(30(3)16-17-32)18-23(24)27(29-26)31-14-12-20(13-15-31)22-8-6-7-9-25(22)33-4/h6-11,18-20,32H,5,12-17H2,1-4H3. The maximum Gasteiger partial charge on any atom is 0.140 e. The second-order valence-electron chi connectivity index (χ2n) is 9.06. The first kappa shape index (κ1) is 23.3. The van der Waals surface area contributed by atoms with Crippen LogP contribution in [-0.2, 0) is 0 Å². The SMILES string of the molecule is CCC(C)c1nc(N2CCC(c3ccccc3OC)CC2)c2cc(N(C)CCO)ccc2n1. The fraction of sp³-hybridized carbons (Fsp3) is 0.481. The predicted octanol–water partition coefficient (Wildman–Crippen LogP) is 4.96. The minimum absolute atomic E-state index is 0.126. The third-order valence-electron chi connectivity index (χ3n) is 6.98. The van der Waals surface area contributed by atoms with Crippen LogP contribution in [0.5, 0.6) is 5.75 Å². The fourth-order valence-corrected chi connectivity index (χ4v) is 4.68. The van der Waals surface area contributed by atoms with Crippen molar-refractivity contribution >= 4 is 22.4 Å². The number of fused-ring (bicyclic) bond motifs is 1. The highest BCUT2D eigenvalue weighted by atomic mass is 16.5. The maximum absolute atomic E-state index is 9.37. The van der Waals surface area contributed by atoms with Crippen molar-refractivity contribution in [3.05, 3.63) is 53.9 Å². The molecule has 0 spiro atoms. The van der Waals surface area contributed by atoms with E-state index in [-0.39, 0.29) is 6.61 Å². The number of nitrogens with zero attached hydrogens (tertiary/aromatic N) is 4. The Bertz CT molecular complexity index is 1080. The minimum atomic E-state index is 0.126. The Balaban J connectivity index is 1.67. The molecule has 1 unspecified atom stereocenters. The Morgan fingerprint density at radius 1 is 1.15 bits per heavy atom. The molecule has 1 aromatic heterocycles. The van der Waals surface area contributed by atoms with Crippen LogP contribution in [0.3, 0.4) is 0 Å². The summed E-state index contributed by atoms with van der Waals surface area (Å²) in [5.74, 6) is 3.75. The molecular formula is C27H36N4O2. The van der Waals surface area contributed by atoms with E-state index in [0.717, 1.165) is 66.3 Å². The molecule has 1 aliphatic heterocycles. The van der Waals surface area contributed by atoms with Gasteiger partial charge in [-0.2, -0.15) is 0 Å². The highest BCUT2D eigenvalue weighted by Crippen LogP contribution is 2.37. The molecule has 1 aliphatic rings. The third-order valence-corrected chi connectivity index (χ3v) is 6.98. The summed E-state index contributed by atoms with van der Waals surface area (Å²) in [7, 11) is 3.76. The van der Waals surface area contributed by atoms with Gasteiger partial charge in [-0.15, -0.1) is 0 Å². The van der Waals surface area contributed by atoms with Gasteiger partial charge in [-0.3, -0.25) is 0 Å². The number of benzene rings is 2. The zero-order chi connectivity index (χ0) is 23.4. The van der Waals surface area contributed by atoms with Gasteiger partial charge in [0, 0.05) is 43.7 Å². The average Bonchev–Trinajstić information content (AvgIpc) is 2.87. The van der Waals surface area contributed by atoms with E-state index < -0.39 is 0 Å². The molecule has 2 aromatic carbocycles. The molecule has 3 aromatic rings. The Kier molecular flexibility index (Phi) is 7.33. The van der Waals surface area contributed by atoms with Gasteiger partial charge >= 0.3 is 0 Å². The molecule has 0 saturated carbocycles. The number of hydrogen-bond donors (Lipinski definition) is 1. The summed E-state index contributed by atoms with van der Waals surface area (Å²) in [6.07, 6.45) is 3.14. The van der Waals surface area contributed by atoms with Gasteiger partial charge in [0.25, 0.3) is 0 Å². The molecule has 2 heterocycles. The van der Waals surface area contributed by atoms with Gasteiger partial charge in [0.15, 0.2) is 0 Å². The van der Waals surface area contributed by atoms with E-state index in [9.17, 15) is 5.11 Å². The molecular weight excluding hydrogens is 412 g/mol. The number of likely N-dealkylation sites (N-methyl/N-ethyl adjacent to an activating group) is 1.